The molecule has 36 heavy (non-hydrogen) atoms. The zero-order valence-corrected chi connectivity index (χ0v) is 21.9. The van der Waals surface area contributed by atoms with Crippen LogP contribution in [0.25, 0.3) is 0 Å². The number of carbonyl (C=O) groups is 3. The Morgan fingerprint density at radius 3 is 2.53 bits per heavy atom. The molecule has 192 valence electrons. The van der Waals surface area contributed by atoms with Crippen molar-refractivity contribution in [3.63, 3.8) is 0 Å². The molecule has 0 fully saturated rings. The van der Waals surface area contributed by atoms with Gasteiger partial charge in [-0.25, -0.2) is 4.39 Å². The third-order valence-electron chi connectivity index (χ3n) is 5.83. The van der Waals surface area contributed by atoms with Crippen molar-refractivity contribution in [2.75, 3.05) is 13.2 Å². The minimum absolute atomic E-state index is 0.0116. The van der Waals surface area contributed by atoms with Crippen LogP contribution in [0.5, 0.6) is 5.75 Å². The van der Waals surface area contributed by atoms with Gasteiger partial charge < -0.3 is 25.2 Å². The smallest absolute Gasteiger partial charge is 0.290 e. The van der Waals surface area contributed by atoms with Crippen molar-refractivity contribution in [2.24, 2.45) is 0 Å². The summed E-state index contributed by atoms with van der Waals surface area (Å²) in [5.74, 6) is -2.18. The maximum atomic E-state index is 14.5. The number of halogens is 2. The monoisotopic (exact) mass is 610 g/mol. The van der Waals surface area contributed by atoms with E-state index in [1.807, 2.05) is 12.1 Å². The van der Waals surface area contributed by atoms with Crippen molar-refractivity contribution in [1.29, 1.82) is 0 Å². The molecule has 0 saturated carbocycles. The molecule has 0 spiro atoms. The summed E-state index contributed by atoms with van der Waals surface area (Å²) in [6.45, 7) is 1.00. The number of ether oxygens (including phenoxy) is 1. The number of aliphatic hydroxyl groups excluding tert-OH is 2. The molecule has 1 aliphatic carbocycles. The molecule has 2 aromatic rings. The Morgan fingerprint density at radius 1 is 1.17 bits per heavy atom. The standard InChI is InChI=1S/C26H28FIN2O6/c1-2-21(32)26(35)30(15-16-7-3-4-8-18(16)27)20-13-17(25(34)29-11-12-31)14-23(24(20)33)36-22-10-6-5-9-19(22)28/h3-10,14,20,23-24,31,33H,2,11-13,15H2,1H3,(H,29,34). The summed E-state index contributed by atoms with van der Waals surface area (Å²) < 4.78 is 21.3. The van der Waals surface area contributed by atoms with E-state index in [4.69, 9.17) is 9.84 Å². The molecule has 0 aromatic heterocycles. The molecule has 3 N–H and O–H groups in total. The lowest BCUT2D eigenvalue weighted by Gasteiger charge is -2.40. The Bertz CT molecular complexity index is 1140. The Morgan fingerprint density at radius 2 is 1.86 bits per heavy atom. The number of rotatable bonds is 10. The molecule has 3 unspecified atom stereocenters. The predicted molar refractivity (Wildman–Crippen MR) is 138 cm³/mol. The van der Waals surface area contributed by atoms with Gasteiger partial charge >= 0.3 is 0 Å². The SMILES string of the molecule is CCC(=O)C(=O)N(Cc1ccccc1F)C1CC(C(=O)NCCO)=CC(Oc2ccccc2I)C1O. The fraction of sp³-hybridized carbons (Fsp3) is 0.346. The second kappa shape index (κ2) is 12.9. The van der Waals surface area contributed by atoms with Crippen LogP contribution in [0.2, 0.25) is 0 Å². The lowest BCUT2D eigenvalue weighted by atomic mass is 9.87. The quantitative estimate of drug-likeness (QED) is 0.281. The van der Waals surface area contributed by atoms with E-state index in [-0.39, 0.29) is 43.7 Å². The number of nitrogens with zero attached hydrogens (tertiary/aromatic N) is 1. The van der Waals surface area contributed by atoms with Crippen molar-refractivity contribution < 1.29 is 33.7 Å². The summed E-state index contributed by atoms with van der Waals surface area (Å²) in [5.41, 5.74) is 0.378. The highest BCUT2D eigenvalue weighted by molar-refractivity contribution is 14.1. The Kier molecular flexibility index (Phi) is 9.97. The number of amides is 2. The first kappa shape index (κ1) is 27.8. The minimum atomic E-state index is -1.32. The second-order valence-electron chi connectivity index (χ2n) is 8.25. The molecule has 2 amide bonds. The van der Waals surface area contributed by atoms with Crippen molar-refractivity contribution in [1.82, 2.24) is 10.2 Å². The van der Waals surface area contributed by atoms with Crippen LogP contribution in [0.4, 0.5) is 4.39 Å². The molecule has 0 radical (unpaired) electrons. The molecule has 0 heterocycles. The predicted octanol–water partition coefficient (Wildman–Crippen LogP) is 2.35. The van der Waals surface area contributed by atoms with E-state index in [2.05, 4.69) is 27.9 Å². The molecule has 8 nitrogen and oxygen atoms in total. The molecule has 3 atom stereocenters. The van der Waals surface area contributed by atoms with E-state index in [1.165, 1.54) is 31.2 Å². The summed E-state index contributed by atoms with van der Waals surface area (Å²) in [6.07, 6.45) is -1.05. The normalized spacial score (nSPS) is 19.2. The topological polar surface area (TPSA) is 116 Å². The summed E-state index contributed by atoms with van der Waals surface area (Å²) >= 11 is 2.08. The summed E-state index contributed by atoms with van der Waals surface area (Å²) in [6, 6.07) is 11.9. The number of Topliss-reactive ketones (excluding diaryl/α,β-unsaturated/α-hetero) is 1. The van der Waals surface area contributed by atoms with Crippen LogP contribution >= 0.6 is 22.6 Å². The molecule has 10 heteroatoms. The van der Waals surface area contributed by atoms with Gasteiger partial charge in [-0.3, -0.25) is 14.4 Å². The number of para-hydroxylation sites is 1. The highest BCUT2D eigenvalue weighted by Gasteiger charge is 2.41. The van der Waals surface area contributed by atoms with Crippen LogP contribution in [0, 0.1) is 9.39 Å². The highest BCUT2D eigenvalue weighted by atomic mass is 127. The zero-order chi connectivity index (χ0) is 26.2. The number of benzene rings is 2. The maximum absolute atomic E-state index is 14.5. The number of aliphatic hydroxyl groups is 2. The molecule has 1 aliphatic rings. The van der Waals surface area contributed by atoms with Gasteiger partial charge in [0.05, 0.1) is 16.2 Å². The van der Waals surface area contributed by atoms with Gasteiger partial charge in [-0.2, -0.15) is 0 Å². The van der Waals surface area contributed by atoms with Gasteiger partial charge in [-0.05, 0) is 46.9 Å². The van der Waals surface area contributed by atoms with Gasteiger partial charge in [0.25, 0.3) is 5.91 Å². The number of ketones is 1. The second-order valence-corrected chi connectivity index (χ2v) is 9.41. The lowest BCUT2D eigenvalue weighted by molar-refractivity contribution is -0.149. The lowest BCUT2D eigenvalue weighted by Crippen LogP contribution is -2.56. The molecular weight excluding hydrogens is 582 g/mol. The molecule has 0 bridgehead atoms. The summed E-state index contributed by atoms with van der Waals surface area (Å²) in [7, 11) is 0. The number of nitrogens with one attached hydrogen (secondary N) is 1. The van der Waals surface area contributed by atoms with Crippen molar-refractivity contribution >= 4 is 40.2 Å². The molecule has 2 aromatic carbocycles. The largest absolute Gasteiger partial charge is 0.482 e. The Labute approximate surface area is 222 Å². The molecule has 0 saturated heterocycles. The van der Waals surface area contributed by atoms with E-state index < -0.39 is 41.7 Å². The van der Waals surface area contributed by atoms with E-state index in [1.54, 1.807) is 18.2 Å². The number of carbonyl (C=O) groups excluding carboxylic acids is 3. The van der Waals surface area contributed by atoms with E-state index >= 15 is 0 Å². The van der Waals surface area contributed by atoms with Crippen LogP contribution in [0.15, 0.2) is 60.2 Å². The molecular formula is C26H28FIN2O6. The van der Waals surface area contributed by atoms with Crippen molar-refractivity contribution in [3.8, 4) is 5.75 Å². The van der Waals surface area contributed by atoms with Crippen LogP contribution in [0.1, 0.15) is 25.3 Å². The average Bonchev–Trinajstić information content (AvgIpc) is 2.88. The van der Waals surface area contributed by atoms with E-state index in [9.17, 15) is 23.9 Å². The van der Waals surface area contributed by atoms with Crippen LogP contribution in [-0.4, -0.2) is 64.1 Å². The highest BCUT2D eigenvalue weighted by Crippen LogP contribution is 2.30. The maximum Gasteiger partial charge on any atom is 0.290 e. The Balaban J connectivity index is 2.02. The third-order valence-corrected chi connectivity index (χ3v) is 6.72. The van der Waals surface area contributed by atoms with E-state index in [0.29, 0.717) is 5.75 Å². The fourth-order valence-electron chi connectivity index (χ4n) is 3.93. The average molecular weight is 610 g/mol. The number of hydrogen-bond donors (Lipinski definition) is 3. The first-order valence-electron chi connectivity index (χ1n) is 11.5. The first-order valence-corrected chi connectivity index (χ1v) is 12.6. The van der Waals surface area contributed by atoms with Crippen molar-refractivity contribution in [2.45, 2.75) is 44.6 Å². The number of hydrogen-bond acceptors (Lipinski definition) is 6. The van der Waals surface area contributed by atoms with Crippen LogP contribution in [-0.2, 0) is 20.9 Å². The van der Waals surface area contributed by atoms with Gasteiger partial charge in [0, 0.05) is 37.1 Å². The van der Waals surface area contributed by atoms with Crippen LogP contribution < -0.4 is 10.1 Å². The fourth-order valence-corrected chi connectivity index (χ4v) is 4.44. The summed E-state index contributed by atoms with van der Waals surface area (Å²) in [5, 5.41) is 23.0. The first-order chi connectivity index (χ1) is 17.3. The van der Waals surface area contributed by atoms with E-state index in [0.717, 1.165) is 8.47 Å². The van der Waals surface area contributed by atoms with Crippen molar-refractivity contribution in [3.05, 3.63) is 75.1 Å². The van der Waals surface area contributed by atoms with Gasteiger partial charge in [0.2, 0.25) is 11.7 Å². The van der Waals surface area contributed by atoms with Gasteiger partial charge in [0.1, 0.15) is 23.8 Å². The zero-order valence-electron chi connectivity index (χ0n) is 19.7. The van der Waals surface area contributed by atoms with Gasteiger partial charge in [-0.1, -0.05) is 37.3 Å². The molecule has 0 aliphatic heterocycles. The van der Waals surface area contributed by atoms with Gasteiger partial charge in [-0.15, -0.1) is 0 Å². The minimum Gasteiger partial charge on any atom is -0.482 e. The third kappa shape index (κ3) is 6.68. The summed E-state index contributed by atoms with van der Waals surface area (Å²) in [4.78, 5) is 39.5. The van der Waals surface area contributed by atoms with Gasteiger partial charge in [0.15, 0.2) is 0 Å². The Hall–Kier alpha value is -2.83. The molecule has 3 rings (SSSR count). The van der Waals surface area contributed by atoms with Crippen LogP contribution in [0.3, 0.4) is 0 Å².